The van der Waals surface area contributed by atoms with Crippen molar-refractivity contribution in [3.05, 3.63) is 54.2 Å². The first-order valence-corrected chi connectivity index (χ1v) is 11.1. The number of furan rings is 1. The Morgan fingerprint density at radius 1 is 1.35 bits per heavy atom. The normalized spacial score (nSPS) is 17.0. The molecule has 4 rings (SSSR count). The van der Waals surface area contributed by atoms with E-state index in [4.69, 9.17) is 15.6 Å². The number of nitrogen functional groups attached to an aromatic ring is 1. The number of nitrogens with two attached hydrogens (primary N) is 1. The molecule has 3 heterocycles. The Bertz CT molecular complexity index is 1120. The summed E-state index contributed by atoms with van der Waals surface area (Å²) < 4.78 is 20.3. The Hall–Kier alpha value is -3.24. The average Bonchev–Trinajstić information content (AvgIpc) is 3.45. The SMILES string of the molecule is CNS(=O)c1ccc(N2CCCC2C)c(Nc2ncnc(N)c2C(=N)c2ccoc2)c1. The van der Waals surface area contributed by atoms with Gasteiger partial charge in [0.1, 0.15) is 28.9 Å². The number of hydrogen-bond acceptors (Lipinski definition) is 8. The maximum atomic E-state index is 12.4. The van der Waals surface area contributed by atoms with Crippen LogP contribution in [0.1, 0.15) is 30.9 Å². The third kappa shape index (κ3) is 4.17. The van der Waals surface area contributed by atoms with E-state index in [0.717, 1.165) is 30.8 Å². The molecule has 5 N–H and O–H groups in total. The molecule has 1 fully saturated rings. The summed E-state index contributed by atoms with van der Waals surface area (Å²) in [5.74, 6) is 0.592. The van der Waals surface area contributed by atoms with Crippen LogP contribution in [-0.2, 0) is 11.0 Å². The number of aromatic nitrogens is 2. The second-order valence-electron chi connectivity index (χ2n) is 7.33. The maximum absolute atomic E-state index is 12.4. The zero-order valence-corrected chi connectivity index (χ0v) is 18.2. The molecular formula is C21H25N7O2S. The smallest absolute Gasteiger partial charge is 0.145 e. The van der Waals surface area contributed by atoms with Crippen LogP contribution in [-0.4, -0.2) is 39.5 Å². The van der Waals surface area contributed by atoms with E-state index in [2.05, 4.69) is 31.8 Å². The van der Waals surface area contributed by atoms with Crippen molar-refractivity contribution in [3.63, 3.8) is 0 Å². The van der Waals surface area contributed by atoms with E-state index in [-0.39, 0.29) is 11.5 Å². The number of anilines is 4. The summed E-state index contributed by atoms with van der Waals surface area (Å²) in [6.07, 6.45) is 6.56. The van der Waals surface area contributed by atoms with E-state index in [1.54, 1.807) is 13.1 Å². The van der Waals surface area contributed by atoms with Crippen LogP contribution in [0, 0.1) is 5.41 Å². The minimum Gasteiger partial charge on any atom is -0.472 e. The van der Waals surface area contributed by atoms with Crippen molar-refractivity contribution in [1.29, 1.82) is 5.41 Å². The lowest BCUT2D eigenvalue weighted by molar-refractivity contribution is 0.567. The van der Waals surface area contributed by atoms with Gasteiger partial charge in [-0.2, -0.15) is 0 Å². The van der Waals surface area contributed by atoms with Crippen LogP contribution in [0.2, 0.25) is 0 Å². The summed E-state index contributed by atoms with van der Waals surface area (Å²) >= 11 is 0. The van der Waals surface area contributed by atoms with E-state index in [1.165, 1.54) is 18.9 Å². The molecule has 10 heteroatoms. The van der Waals surface area contributed by atoms with Crippen LogP contribution in [0.15, 0.2) is 52.4 Å². The molecule has 0 aliphatic carbocycles. The van der Waals surface area contributed by atoms with E-state index < -0.39 is 11.0 Å². The van der Waals surface area contributed by atoms with Crippen LogP contribution >= 0.6 is 0 Å². The van der Waals surface area contributed by atoms with Crippen molar-refractivity contribution >= 4 is 39.7 Å². The fourth-order valence-corrected chi connectivity index (χ4v) is 4.46. The molecule has 1 aliphatic heterocycles. The van der Waals surface area contributed by atoms with Crippen LogP contribution in [0.25, 0.3) is 0 Å². The highest BCUT2D eigenvalue weighted by atomic mass is 32.2. The molecule has 3 aromatic rings. The Morgan fingerprint density at radius 2 is 2.19 bits per heavy atom. The molecule has 1 saturated heterocycles. The molecule has 2 unspecified atom stereocenters. The van der Waals surface area contributed by atoms with Gasteiger partial charge in [-0.1, -0.05) is 0 Å². The number of rotatable bonds is 7. The average molecular weight is 440 g/mol. The molecule has 31 heavy (non-hydrogen) atoms. The summed E-state index contributed by atoms with van der Waals surface area (Å²) in [6, 6.07) is 7.75. The quantitative estimate of drug-likeness (QED) is 0.416. The van der Waals surface area contributed by atoms with Crippen LogP contribution in [0.5, 0.6) is 0 Å². The van der Waals surface area contributed by atoms with E-state index in [9.17, 15) is 4.21 Å². The summed E-state index contributed by atoms with van der Waals surface area (Å²) in [4.78, 5) is 11.4. The molecule has 1 aliphatic rings. The predicted octanol–water partition coefficient (Wildman–Crippen LogP) is 3.04. The van der Waals surface area contributed by atoms with Crippen LogP contribution in [0.4, 0.5) is 23.0 Å². The fourth-order valence-electron chi connectivity index (χ4n) is 3.81. The number of nitrogens with zero attached hydrogens (tertiary/aromatic N) is 3. The summed E-state index contributed by atoms with van der Waals surface area (Å²) in [5, 5.41) is 11.9. The standard InChI is InChI=1S/C21H25N7O2S/c1-13-4-3-8-28(13)17-6-5-15(31(29)24-2)10-16(17)27-21-18(20(23)25-12-26-21)19(22)14-7-9-30-11-14/h5-7,9-13,22,24H,3-4,8H2,1-2H3,(H3,23,25,26,27). The topological polar surface area (TPSA) is 133 Å². The minimum atomic E-state index is -1.34. The van der Waals surface area contributed by atoms with E-state index in [0.29, 0.717) is 27.9 Å². The minimum absolute atomic E-state index is 0.153. The van der Waals surface area contributed by atoms with Gasteiger partial charge in [0, 0.05) is 18.2 Å². The molecule has 0 amide bonds. The fraction of sp³-hybridized carbons (Fsp3) is 0.286. The van der Waals surface area contributed by atoms with Gasteiger partial charge in [-0.05, 0) is 51.1 Å². The highest BCUT2D eigenvalue weighted by molar-refractivity contribution is 7.83. The third-order valence-electron chi connectivity index (χ3n) is 5.42. The van der Waals surface area contributed by atoms with Crippen LogP contribution < -0.4 is 20.7 Å². The third-order valence-corrected chi connectivity index (χ3v) is 6.47. The maximum Gasteiger partial charge on any atom is 0.145 e. The Balaban J connectivity index is 1.79. The molecule has 1 aromatic carbocycles. The van der Waals surface area contributed by atoms with Gasteiger partial charge in [-0.15, -0.1) is 0 Å². The first kappa shape index (κ1) is 21.0. The summed E-state index contributed by atoms with van der Waals surface area (Å²) in [5.41, 5.74) is 8.97. The Morgan fingerprint density at radius 3 is 2.87 bits per heavy atom. The number of benzene rings is 1. The van der Waals surface area contributed by atoms with E-state index >= 15 is 0 Å². The zero-order valence-electron chi connectivity index (χ0n) is 17.4. The van der Waals surface area contributed by atoms with Crippen molar-refractivity contribution in [2.75, 3.05) is 29.5 Å². The van der Waals surface area contributed by atoms with Gasteiger partial charge in [0.05, 0.1) is 40.1 Å². The second-order valence-corrected chi connectivity index (χ2v) is 8.75. The van der Waals surface area contributed by atoms with E-state index in [1.807, 2.05) is 18.2 Å². The molecule has 0 radical (unpaired) electrons. The molecule has 0 saturated carbocycles. The highest BCUT2D eigenvalue weighted by Gasteiger charge is 2.25. The van der Waals surface area contributed by atoms with Gasteiger partial charge in [0.2, 0.25) is 0 Å². The van der Waals surface area contributed by atoms with Gasteiger partial charge < -0.3 is 20.4 Å². The molecule has 162 valence electrons. The van der Waals surface area contributed by atoms with Crippen molar-refractivity contribution in [1.82, 2.24) is 14.7 Å². The zero-order chi connectivity index (χ0) is 22.0. The Kier molecular flexibility index (Phi) is 6.01. The van der Waals surface area contributed by atoms with Gasteiger partial charge in [-0.25, -0.2) is 18.9 Å². The van der Waals surface area contributed by atoms with Crippen molar-refractivity contribution in [2.45, 2.75) is 30.7 Å². The van der Waals surface area contributed by atoms with Crippen molar-refractivity contribution in [2.24, 2.45) is 0 Å². The molecular weight excluding hydrogens is 414 g/mol. The first-order valence-electron chi connectivity index (χ1n) is 9.98. The van der Waals surface area contributed by atoms with Gasteiger partial charge in [0.15, 0.2) is 0 Å². The molecule has 2 atom stereocenters. The molecule has 0 spiro atoms. The lowest BCUT2D eigenvalue weighted by Gasteiger charge is -2.27. The van der Waals surface area contributed by atoms with Crippen molar-refractivity contribution in [3.8, 4) is 0 Å². The summed E-state index contributed by atoms with van der Waals surface area (Å²) in [7, 11) is 0.307. The molecule has 2 aromatic heterocycles. The largest absolute Gasteiger partial charge is 0.472 e. The number of nitrogens with one attached hydrogen (secondary N) is 3. The lowest BCUT2D eigenvalue weighted by Crippen LogP contribution is -2.27. The van der Waals surface area contributed by atoms with Crippen LogP contribution in [0.3, 0.4) is 0 Å². The first-order chi connectivity index (χ1) is 15.0. The molecule has 0 bridgehead atoms. The van der Waals surface area contributed by atoms with Gasteiger partial charge in [-0.3, -0.25) is 5.41 Å². The molecule has 9 nitrogen and oxygen atoms in total. The predicted molar refractivity (Wildman–Crippen MR) is 122 cm³/mol. The highest BCUT2D eigenvalue weighted by Crippen LogP contribution is 2.36. The van der Waals surface area contributed by atoms with Gasteiger partial charge >= 0.3 is 0 Å². The lowest BCUT2D eigenvalue weighted by atomic mass is 10.1. The monoisotopic (exact) mass is 439 g/mol. The Labute approximate surface area is 183 Å². The second kappa shape index (κ2) is 8.86. The van der Waals surface area contributed by atoms with Gasteiger partial charge in [0.25, 0.3) is 0 Å². The summed E-state index contributed by atoms with van der Waals surface area (Å²) in [6.45, 7) is 3.13. The number of hydrogen-bond donors (Lipinski definition) is 4. The van der Waals surface area contributed by atoms with Crippen molar-refractivity contribution < 1.29 is 8.63 Å².